The zero-order valence-electron chi connectivity index (χ0n) is 9.65. The van der Waals surface area contributed by atoms with E-state index < -0.39 is 11.7 Å². The van der Waals surface area contributed by atoms with E-state index in [0.717, 1.165) is 6.07 Å². The van der Waals surface area contributed by atoms with Crippen molar-refractivity contribution in [2.45, 2.75) is 0 Å². The van der Waals surface area contributed by atoms with Gasteiger partial charge >= 0.3 is 0 Å². The number of rotatable bonds is 2. The first-order valence-corrected chi connectivity index (χ1v) is 5.75. The summed E-state index contributed by atoms with van der Waals surface area (Å²) in [5.74, 6) is -1.04. The van der Waals surface area contributed by atoms with Gasteiger partial charge < -0.3 is 5.32 Å². The highest BCUT2D eigenvalue weighted by Crippen LogP contribution is 2.18. The molecule has 0 aliphatic carbocycles. The average Bonchev–Trinajstić information content (AvgIpc) is 2.41. The van der Waals surface area contributed by atoms with Crippen molar-refractivity contribution in [1.82, 2.24) is 0 Å². The topological polar surface area (TPSA) is 52.9 Å². The first-order valence-electron chi connectivity index (χ1n) is 5.37. The Morgan fingerprint density at radius 3 is 2.68 bits per heavy atom. The number of carbonyl (C=O) groups excluding carboxylic acids is 1. The Morgan fingerprint density at radius 2 is 2.00 bits per heavy atom. The Morgan fingerprint density at radius 1 is 1.26 bits per heavy atom. The Bertz CT molecular complexity index is 679. The van der Waals surface area contributed by atoms with Gasteiger partial charge in [0.1, 0.15) is 11.9 Å². The molecule has 0 spiro atoms. The predicted molar refractivity (Wildman–Crippen MR) is 70.5 cm³/mol. The van der Waals surface area contributed by atoms with E-state index in [1.807, 2.05) is 0 Å². The quantitative estimate of drug-likeness (QED) is 0.909. The number of anilines is 1. The van der Waals surface area contributed by atoms with Gasteiger partial charge in [0.25, 0.3) is 5.91 Å². The summed E-state index contributed by atoms with van der Waals surface area (Å²) in [6.45, 7) is 0. The lowest BCUT2D eigenvalue weighted by Crippen LogP contribution is -2.12. The van der Waals surface area contributed by atoms with Crippen LogP contribution >= 0.6 is 11.6 Å². The smallest absolute Gasteiger partial charge is 0.257 e. The van der Waals surface area contributed by atoms with Crippen molar-refractivity contribution in [1.29, 1.82) is 5.26 Å². The highest BCUT2D eigenvalue weighted by atomic mass is 35.5. The Kier molecular flexibility index (Phi) is 3.79. The van der Waals surface area contributed by atoms with Crippen LogP contribution in [0.15, 0.2) is 42.5 Å². The monoisotopic (exact) mass is 274 g/mol. The molecule has 2 aromatic rings. The van der Waals surface area contributed by atoms with Crippen LogP contribution in [-0.4, -0.2) is 5.91 Å². The van der Waals surface area contributed by atoms with Crippen LogP contribution in [0.2, 0.25) is 5.02 Å². The van der Waals surface area contributed by atoms with E-state index in [1.165, 1.54) is 12.1 Å². The van der Waals surface area contributed by atoms with Gasteiger partial charge in [0.2, 0.25) is 0 Å². The second-order valence-corrected chi connectivity index (χ2v) is 4.15. The number of benzene rings is 2. The van der Waals surface area contributed by atoms with Crippen molar-refractivity contribution in [2.75, 3.05) is 5.32 Å². The van der Waals surface area contributed by atoms with Gasteiger partial charge in [-0.2, -0.15) is 5.26 Å². The molecule has 1 amide bonds. The van der Waals surface area contributed by atoms with Crippen molar-refractivity contribution in [3.8, 4) is 6.07 Å². The summed E-state index contributed by atoms with van der Waals surface area (Å²) >= 11 is 5.90. The van der Waals surface area contributed by atoms with Crippen molar-refractivity contribution in [2.24, 2.45) is 0 Å². The van der Waals surface area contributed by atoms with Crippen molar-refractivity contribution in [3.63, 3.8) is 0 Å². The van der Waals surface area contributed by atoms with Gasteiger partial charge in [0, 0.05) is 5.69 Å². The van der Waals surface area contributed by atoms with Gasteiger partial charge in [-0.05, 0) is 30.3 Å². The van der Waals surface area contributed by atoms with E-state index in [2.05, 4.69) is 5.32 Å². The van der Waals surface area contributed by atoms with E-state index in [0.29, 0.717) is 16.3 Å². The lowest BCUT2D eigenvalue weighted by atomic mass is 10.1. The summed E-state index contributed by atoms with van der Waals surface area (Å²) in [7, 11) is 0. The Labute approximate surface area is 114 Å². The van der Waals surface area contributed by atoms with Gasteiger partial charge in [0.15, 0.2) is 0 Å². The first kappa shape index (κ1) is 13.1. The highest BCUT2D eigenvalue weighted by Gasteiger charge is 2.11. The van der Waals surface area contributed by atoms with Crippen molar-refractivity contribution in [3.05, 3.63) is 64.4 Å². The second kappa shape index (κ2) is 5.51. The van der Waals surface area contributed by atoms with Crippen LogP contribution in [-0.2, 0) is 0 Å². The molecule has 0 saturated heterocycles. The zero-order valence-corrected chi connectivity index (χ0v) is 10.4. The molecule has 0 atom stereocenters. The normalized spacial score (nSPS) is 9.74. The minimum Gasteiger partial charge on any atom is -0.322 e. The lowest BCUT2D eigenvalue weighted by Gasteiger charge is -2.07. The summed E-state index contributed by atoms with van der Waals surface area (Å²) in [6, 6.07) is 12.1. The van der Waals surface area contributed by atoms with E-state index in [9.17, 15) is 9.18 Å². The number of carbonyl (C=O) groups is 1. The fraction of sp³-hybridized carbons (Fsp3) is 0. The van der Waals surface area contributed by atoms with E-state index in [-0.39, 0.29) is 5.56 Å². The van der Waals surface area contributed by atoms with Gasteiger partial charge in [-0.1, -0.05) is 23.7 Å². The standard InChI is InChI=1S/C14H8ClFN2O/c15-12-4-2-1-3-11(12)14(19)18-10-5-6-13(16)9(7-10)8-17/h1-7H,(H,18,19). The molecular formula is C14H8ClFN2O. The third kappa shape index (κ3) is 2.90. The maximum Gasteiger partial charge on any atom is 0.257 e. The summed E-state index contributed by atoms with van der Waals surface area (Å²) in [5, 5.41) is 11.6. The number of amides is 1. The minimum absolute atomic E-state index is 0.128. The van der Waals surface area contributed by atoms with Crippen molar-refractivity contribution < 1.29 is 9.18 Å². The second-order valence-electron chi connectivity index (χ2n) is 3.74. The zero-order chi connectivity index (χ0) is 13.8. The summed E-state index contributed by atoms with van der Waals surface area (Å²) < 4.78 is 13.1. The highest BCUT2D eigenvalue weighted by molar-refractivity contribution is 6.34. The van der Waals surface area contributed by atoms with E-state index >= 15 is 0 Å². The molecule has 0 saturated carbocycles. The predicted octanol–water partition coefficient (Wildman–Crippen LogP) is 3.60. The van der Waals surface area contributed by atoms with E-state index in [4.69, 9.17) is 16.9 Å². The number of nitrogens with zero attached hydrogens (tertiary/aromatic N) is 1. The molecule has 0 unspecified atom stereocenters. The molecule has 0 aromatic heterocycles. The van der Waals surface area contributed by atoms with Gasteiger partial charge in [-0.15, -0.1) is 0 Å². The molecule has 0 heterocycles. The molecule has 2 aromatic carbocycles. The number of hydrogen-bond acceptors (Lipinski definition) is 2. The fourth-order valence-electron chi connectivity index (χ4n) is 1.53. The van der Waals surface area contributed by atoms with Crippen LogP contribution in [0.5, 0.6) is 0 Å². The summed E-state index contributed by atoms with van der Waals surface area (Å²) in [4.78, 5) is 11.9. The molecule has 5 heteroatoms. The largest absolute Gasteiger partial charge is 0.322 e. The SMILES string of the molecule is N#Cc1cc(NC(=O)c2ccccc2Cl)ccc1F. The molecule has 0 aliphatic heterocycles. The van der Waals surface area contributed by atoms with Crippen LogP contribution in [0.25, 0.3) is 0 Å². The average molecular weight is 275 g/mol. The van der Waals surface area contributed by atoms with Gasteiger partial charge in [-0.25, -0.2) is 4.39 Å². The molecular weight excluding hydrogens is 267 g/mol. The Hall–Kier alpha value is -2.38. The molecule has 1 N–H and O–H groups in total. The van der Waals surface area contributed by atoms with Crippen LogP contribution in [0, 0.1) is 17.1 Å². The van der Waals surface area contributed by atoms with E-state index in [1.54, 1.807) is 30.3 Å². The third-order valence-electron chi connectivity index (χ3n) is 2.46. The number of nitrogens with one attached hydrogen (secondary N) is 1. The fourth-order valence-corrected chi connectivity index (χ4v) is 1.75. The number of nitriles is 1. The number of hydrogen-bond donors (Lipinski definition) is 1. The molecule has 0 aliphatic rings. The summed E-state index contributed by atoms with van der Waals surface area (Å²) in [5.41, 5.74) is 0.520. The lowest BCUT2D eigenvalue weighted by molar-refractivity contribution is 0.102. The molecule has 0 bridgehead atoms. The third-order valence-corrected chi connectivity index (χ3v) is 2.79. The molecule has 19 heavy (non-hydrogen) atoms. The van der Waals surface area contributed by atoms with Gasteiger partial charge in [-0.3, -0.25) is 4.79 Å². The maximum absolute atomic E-state index is 13.1. The van der Waals surface area contributed by atoms with Gasteiger partial charge in [0.05, 0.1) is 16.1 Å². The molecule has 94 valence electrons. The minimum atomic E-state index is -0.627. The van der Waals surface area contributed by atoms with Crippen LogP contribution in [0.1, 0.15) is 15.9 Å². The summed E-state index contributed by atoms with van der Waals surface area (Å²) in [6.07, 6.45) is 0. The first-order chi connectivity index (χ1) is 9.11. The van der Waals surface area contributed by atoms with Crippen LogP contribution in [0.4, 0.5) is 10.1 Å². The number of halogens is 2. The van der Waals surface area contributed by atoms with Crippen LogP contribution < -0.4 is 5.32 Å². The molecule has 0 fully saturated rings. The molecule has 2 rings (SSSR count). The molecule has 0 radical (unpaired) electrons. The molecule has 3 nitrogen and oxygen atoms in total. The van der Waals surface area contributed by atoms with Crippen LogP contribution in [0.3, 0.4) is 0 Å². The maximum atomic E-state index is 13.1. The Balaban J connectivity index is 2.25. The van der Waals surface area contributed by atoms with Crippen molar-refractivity contribution >= 4 is 23.2 Å².